The van der Waals surface area contributed by atoms with Crippen molar-refractivity contribution in [2.45, 2.75) is 12.8 Å². The van der Waals surface area contributed by atoms with E-state index in [2.05, 4.69) is 0 Å². The van der Waals surface area contributed by atoms with Gasteiger partial charge in [-0.3, -0.25) is 0 Å². The zero-order valence-electron chi connectivity index (χ0n) is 10.7. The van der Waals surface area contributed by atoms with E-state index >= 15 is 0 Å². The van der Waals surface area contributed by atoms with E-state index < -0.39 is 17.6 Å². The second kappa shape index (κ2) is 5.63. The molecule has 0 atom stereocenters. The molecule has 0 bridgehead atoms. The Balaban J connectivity index is 2.30. The molecule has 0 spiro atoms. The van der Waals surface area contributed by atoms with Crippen molar-refractivity contribution in [3.8, 4) is 11.1 Å². The number of hydrogen-bond donors (Lipinski definition) is 0. The van der Waals surface area contributed by atoms with Gasteiger partial charge >= 0.3 is 6.18 Å². The molecular formula is C15H12F4O. The van der Waals surface area contributed by atoms with E-state index in [0.29, 0.717) is 16.7 Å². The van der Waals surface area contributed by atoms with Gasteiger partial charge in [0.1, 0.15) is 5.82 Å². The summed E-state index contributed by atoms with van der Waals surface area (Å²) in [5.74, 6) is -0.441. The summed E-state index contributed by atoms with van der Waals surface area (Å²) in [5.41, 5.74) is 0.734. The Morgan fingerprint density at radius 3 is 2.05 bits per heavy atom. The third kappa shape index (κ3) is 3.17. The van der Waals surface area contributed by atoms with Gasteiger partial charge in [0.15, 0.2) is 0 Å². The fraction of sp³-hybridized carbons (Fsp3) is 0.200. The summed E-state index contributed by atoms with van der Waals surface area (Å²) < 4.78 is 55.9. The first-order chi connectivity index (χ1) is 9.41. The quantitative estimate of drug-likeness (QED) is 0.745. The molecule has 0 radical (unpaired) electrons. The van der Waals surface area contributed by atoms with Crippen LogP contribution < -0.4 is 0 Å². The molecule has 0 saturated carbocycles. The lowest BCUT2D eigenvalue weighted by atomic mass is 10.0. The van der Waals surface area contributed by atoms with Gasteiger partial charge in [-0.05, 0) is 29.3 Å². The van der Waals surface area contributed by atoms with Gasteiger partial charge < -0.3 is 4.74 Å². The third-order valence-electron chi connectivity index (χ3n) is 2.90. The van der Waals surface area contributed by atoms with Crippen LogP contribution in [0.1, 0.15) is 11.1 Å². The molecule has 2 aromatic carbocycles. The number of benzene rings is 2. The summed E-state index contributed by atoms with van der Waals surface area (Å²) in [7, 11) is 1.46. The fourth-order valence-electron chi connectivity index (χ4n) is 1.85. The molecule has 2 aromatic rings. The normalized spacial score (nSPS) is 11.7. The fourth-order valence-corrected chi connectivity index (χ4v) is 1.85. The van der Waals surface area contributed by atoms with Crippen LogP contribution in [0.15, 0.2) is 42.5 Å². The van der Waals surface area contributed by atoms with E-state index in [0.717, 1.165) is 12.1 Å². The first kappa shape index (κ1) is 14.5. The van der Waals surface area contributed by atoms with Crippen LogP contribution in [-0.4, -0.2) is 7.11 Å². The van der Waals surface area contributed by atoms with Crippen LogP contribution in [-0.2, 0) is 17.5 Å². The van der Waals surface area contributed by atoms with Crippen molar-refractivity contribution >= 4 is 0 Å². The first-order valence-electron chi connectivity index (χ1n) is 5.87. The van der Waals surface area contributed by atoms with Gasteiger partial charge in [0.05, 0.1) is 12.2 Å². The minimum Gasteiger partial charge on any atom is -0.380 e. The molecule has 0 amide bonds. The predicted octanol–water partition coefficient (Wildman–Crippen LogP) is 4.66. The second-order valence-corrected chi connectivity index (χ2v) is 4.31. The summed E-state index contributed by atoms with van der Waals surface area (Å²) in [4.78, 5) is 0. The summed E-state index contributed by atoms with van der Waals surface area (Å²) in [6.07, 6.45) is -4.37. The molecule has 2 rings (SSSR count). The second-order valence-electron chi connectivity index (χ2n) is 4.31. The van der Waals surface area contributed by atoms with Crippen LogP contribution in [0.3, 0.4) is 0 Å². The zero-order valence-corrected chi connectivity index (χ0v) is 10.7. The highest BCUT2D eigenvalue weighted by Gasteiger charge is 2.29. The molecule has 0 unspecified atom stereocenters. The van der Waals surface area contributed by atoms with E-state index in [1.807, 2.05) is 0 Å². The lowest BCUT2D eigenvalue weighted by Crippen LogP contribution is -2.04. The van der Waals surface area contributed by atoms with Crippen molar-refractivity contribution in [3.63, 3.8) is 0 Å². The number of rotatable bonds is 3. The van der Waals surface area contributed by atoms with E-state index in [1.54, 1.807) is 12.1 Å². The molecule has 0 saturated heterocycles. The van der Waals surface area contributed by atoms with Gasteiger partial charge in [-0.1, -0.05) is 24.3 Å². The lowest BCUT2D eigenvalue weighted by Gasteiger charge is -2.09. The van der Waals surface area contributed by atoms with Crippen molar-refractivity contribution < 1.29 is 22.3 Å². The number of hydrogen-bond acceptors (Lipinski definition) is 1. The molecule has 106 valence electrons. The van der Waals surface area contributed by atoms with Gasteiger partial charge in [-0.15, -0.1) is 0 Å². The lowest BCUT2D eigenvalue weighted by molar-refractivity contribution is -0.137. The average Bonchev–Trinajstić information content (AvgIpc) is 2.40. The molecule has 0 aromatic heterocycles. The Morgan fingerprint density at radius 1 is 0.950 bits per heavy atom. The maximum absolute atomic E-state index is 13.7. The van der Waals surface area contributed by atoms with E-state index in [-0.39, 0.29) is 6.61 Å². The highest BCUT2D eigenvalue weighted by molar-refractivity contribution is 5.64. The van der Waals surface area contributed by atoms with Gasteiger partial charge in [0, 0.05) is 12.7 Å². The van der Waals surface area contributed by atoms with Gasteiger partial charge in [0.2, 0.25) is 0 Å². The summed E-state index contributed by atoms with van der Waals surface area (Å²) in [6, 6.07) is 9.12. The maximum atomic E-state index is 13.7. The van der Waals surface area contributed by atoms with Crippen LogP contribution in [0.2, 0.25) is 0 Å². The van der Waals surface area contributed by atoms with Gasteiger partial charge in [-0.25, -0.2) is 4.39 Å². The molecule has 5 heteroatoms. The molecule has 0 aliphatic rings. The SMILES string of the molecule is COCc1ccc(-c2ccc(C(F)(F)F)cc2)cc1F. The van der Waals surface area contributed by atoms with Crippen LogP contribution in [0.4, 0.5) is 17.6 Å². The van der Waals surface area contributed by atoms with E-state index in [4.69, 9.17) is 4.74 Å². The smallest absolute Gasteiger partial charge is 0.380 e. The number of ether oxygens (including phenoxy) is 1. The standard InChI is InChI=1S/C15H12F4O/c1-20-9-12-3-2-11(8-14(12)16)10-4-6-13(7-5-10)15(17,18)19/h2-8H,9H2,1H3. The molecule has 0 aliphatic carbocycles. The molecule has 20 heavy (non-hydrogen) atoms. The Morgan fingerprint density at radius 2 is 1.55 bits per heavy atom. The summed E-state index contributed by atoms with van der Waals surface area (Å²) >= 11 is 0. The molecule has 0 aliphatic heterocycles. The van der Waals surface area contributed by atoms with Crippen LogP contribution in [0.25, 0.3) is 11.1 Å². The Labute approximate surface area is 113 Å². The summed E-state index contributed by atoms with van der Waals surface area (Å²) in [5, 5.41) is 0. The van der Waals surface area contributed by atoms with Crippen molar-refractivity contribution in [2.24, 2.45) is 0 Å². The average molecular weight is 284 g/mol. The third-order valence-corrected chi connectivity index (χ3v) is 2.90. The first-order valence-corrected chi connectivity index (χ1v) is 5.87. The highest BCUT2D eigenvalue weighted by atomic mass is 19.4. The van der Waals surface area contributed by atoms with Crippen molar-refractivity contribution in [1.82, 2.24) is 0 Å². The van der Waals surface area contributed by atoms with Crippen LogP contribution in [0.5, 0.6) is 0 Å². The molecule has 1 nitrogen and oxygen atoms in total. The Hall–Kier alpha value is -1.88. The number of alkyl halides is 3. The number of halogens is 4. The van der Waals surface area contributed by atoms with Crippen molar-refractivity contribution in [1.29, 1.82) is 0 Å². The molecular weight excluding hydrogens is 272 g/mol. The Bertz CT molecular complexity index is 588. The minimum atomic E-state index is -4.37. The molecule has 0 heterocycles. The van der Waals surface area contributed by atoms with Crippen LogP contribution in [0, 0.1) is 5.82 Å². The molecule has 0 N–H and O–H groups in total. The van der Waals surface area contributed by atoms with Crippen molar-refractivity contribution in [2.75, 3.05) is 7.11 Å². The topological polar surface area (TPSA) is 9.23 Å². The van der Waals surface area contributed by atoms with Gasteiger partial charge in [-0.2, -0.15) is 13.2 Å². The molecule has 0 fully saturated rings. The summed E-state index contributed by atoms with van der Waals surface area (Å²) in [6.45, 7) is 0.152. The zero-order chi connectivity index (χ0) is 14.8. The monoisotopic (exact) mass is 284 g/mol. The highest BCUT2D eigenvalue weighted by Crippen LogP contribution is 2.31. The van der Waals surface area contributed by atoms with E-state index in [9.17, 15) is 17.6 Å². The largest absolute Gasteiger partial charge is 0.416 e. The van der Waals surface area contributed by atoms with Gasteiger partial charge in [0.25, 0.3) is 0 Å². The minimum absolute atomic E-state index is 0.152. The Kier molecular flexibility index (Phi) is 4.09. The van der Waals surface area contributed by atoms with Crippen molar-refractivity contribution in [3.05, 3.63) is 59.4 Å². The maximum Gasteiger partial charge on any atom is 0.416 e. The number of methoxy groups -OCH3 is 1. The predicted molar refractivity (Wildman–Crippen MR) is 67.6 cm³/mol. The van der Waals surface area contributed by atoms with E-state index in [1.165, 1.54) is 25.3 Å². The van der Waals surface area contributed by atoms with Crippen LogP contribution >= 0.6 is 0 Å².